The Morgan fingerprint density at radius 1 is 1.00 bits per heavy atom. The van der Waals surface area contributed by atoms with Crippen molar-refractivity contribution >= 4 is 7.12 Å². The smallest absolute Gasteiger partial charge is 0.519 e. The van der Waals surface area contributed by atoms with E-state index in [0.29, 0.717) is 0 Å². The van der Waals surface area contributed by atoms with Gasteiger partial charge in [0.05, 0.1) is 0 Å². The molecule has 1 heterocycles. The highest BCUT2D eigenvalue weighted by atomic mass is 16.6. The van der Waals surface area contributed by atoms with E-state index in [1.165, 1.54) is 18.3 Å². The Morgan fingerprint density at radius 3 is 2.33 bits per heavy atom. The number of allylic oxidation sites excluding steroid dienone is 2. The van der Waals surface area contributed by atoms with Gasteiger partial charge >= 0.3 is 7.12 Å². The fraction of sp³-hybridized carbons (Fsp3) is 0.333. The van der Waals surface area contributed by atoms with Crippen molar-refractivity contribution in [2.75, 3.05) is 0 Å². The van der Waals surface area contributed by atoms with Crippen LogP contribution in [-0.4, -0.2) is 7.12 Å². The molecule has 76 valence electrons. The van der Waals surface area contributed by atoms with Crippen molar-refractivity contribution in [1.29, 1.82) is 0 Å². The number of hydrogen-bond donors (Lipinski definition) is 0. The van der Waals surface area contributed by atoms with Crippen LogP contribution < -0.4 is 9.31 Å². The van der Waals surface area contributed by atoms with Gasteiger partial charge in [0.2, 0.25) is 0 Å². The first kappa shape index (κ1) is 8.90. The Bertz CT molecular complexity index is 375. The highest BCUT2D eigenvalue weighted by Gasteiger charge is 2.35. The first-order valence-corrected chi connectivity index (χ1v) is 5.55. The van der Waals surface area contributed by atoms with Crippen molar-refractivity contribution in [2.45, 2.75) is 25.7 Å². The predicted octanol–water partition coefficient (Wildman–Crippen LogP) is 2.99. The minimum Gasteiger partial charge on any atom is -0.519 e. The van der Waals surface area contributed by atoms with Crippen LogP contribution in [0.2, 0.25) is 0 Å². The molecular weight excluding hydrogens is 187 g/mol. The molecule has 1 aromatic carbocycles. The van der Waals surface area contributed by atoms with Crippen LogP contribution in [0.15, 0.2) is 35.8 Å². The van der Waals surface area contributed by atoms with E-state index in [1.807, 2.05) is 24.3 Å². The molecule has 0 saturated heterocycles. The first-order valence-electron chi connectivity index (χ1n) is 5.55. The minimum absolute atomic E-state index is 0.164. The lowest BCUT2D eigenvalue weighted by atomic mass is 9.73. The topological polar surface area (TPSA) is 18.5 Å². The van der Waals surface area contributed by atoms with Crippen LogP contribution >= 0.6 is 0 Å². The van der Waals surface area contributed by atoms with Crippen LogP contribution in [0.25, 0.3) is 0 Å². The number of hydrogen-bond acceptors (Lipinski definition) is 2. The van der Waals surface area contributed by atoms with E-state index in [-0.39, 0.29) is 7.12 Å². The van der Waals surface area contributed by atoms with Gasteiger partial charge in [-0.05, 0) is 43.3 Å². The van der Waals surface area contributed by atoms with Gasteiger partial charge in [-0.15, -0.1) is 0 Å². The normalized spacial score (nSPS) is 18.9. The van der Waals surface area contributed by atoms with Crippen molar-refractivity contribution in [3.05, 3.63) is 35.8 Å². The van der Waals surface area contributed by atoms with Crippen LogP contribution in [0.5, 0.6) is 11.5 Å². The molecule has 3 heteroatoms. The molecule has 0 N–H and O–H groups in total. The quantitative estimate of drug-likeness (QED) is 0.648. The Kier molecular flexibility index (Phi) is 2.16. The molecule has 1 aromatic rings. The molecule has 1 aliphatic carbocycles. The molecule has 2 nitrogen and oxygen atoms in total. The summed E-state index contributed by atoms with van der Waals surface area (Å²) in [5.41, 5.74) is 1.30. The lowest BCUT2D eigenvalue weighted by molar-refractivity contribution is 0.503. The maximum atomic E-state index is 5.76. The second-order valence-corrected chi connectivity index (χ2v) is 4.04. The van der Waals surface area contributed by atoms with Crippen LogP contribution in [-0.2, 0) is 0 Å². The van der Waals surface area contributed by atoms with Crippen molar-refractivity contribution in [3.8, 4) is 11.5 Å². The molecule has 3 rings (SSSR count). The van der Waals surface area contributed by atoms with Gasteiger partial charge in [0.25, 0.3) is 0 Å². The molecule has 0 atom stereocenters. The standard InChI is InChI=1S/C12H13BO2/c1-2-6-10(7-3-1)13-14-11-8-4-5-9-12(11)15-13/h4-6,8-9H,1-3,7H2. The molecule has 0 saturated carbocycles. The van der Waals surface area contributed by atoms with Gasteiger partial charge < -0.3 is 9.31 Å². The SMILES string of the molecule is C1=C(B2Oc3ccccc3O2)CCCC1. The fourth-order valence-corrected chi connectivity index (χ4v) is 2.13. The molecule has 1 aliphatic heterocycles. The van der Waals surface area contributed by atoms with Gasteiger partial charge in [0.15, 0.2) is 0 Å². The Morgan fingerprint density at radius 2 is 1.73 bits per heavy atom. The average molecular weight is 200 g/mol. The van der Waals surface area contributed by atoms with Crippen LogP contribution in [0.4, 0.5) is 0 Å². The highest BCUT2D eigenvalue weighted by Crippen LogP contribution is 2.35. The third kappa shape index (κ3) is 1.62. The van der Waals surface area contributed by atoms with Gasteiger partial charge in [-0.25, -0.2) is 0 Å². The molecule has 2 aliphatic rings. The molecular formula is C12H13BO2. The monoisotopic (exact) mass is 200 g/mol. The zero-order valence-electron chi connectivity index (χ0n) is 8.61. The second kappa shape index (κ2) is 3.65. The van der Waals surface area contributed by atoms with Gasteiger partial charge in [0, 0.05) is 0 Å². The number of rotatable bonds is 1. The first-order chi connectivity index (χ1) is 7.43. The summed E-state index contributed by atoms with van der Waals surface area (Å²) in [6.45, 7) is 0. The Balaban J connectivity index is 1.81. The molecule has 0 aromatic heterocycles. The van der Waals surface area contributed by atoms with Crippen molar-refractivity contribution < 1.29 is 9.31 Å². The highest BCUT2D eigenvalue weighted by molar-refractivity contribution is 6.56. The summed E-state index contributed by atoms with van der Waals surface area (Å²) in [5, 5.41) is 0. The number of benzene rings is 1. The maximum absolute atomic E-state index is 5.76. The van der Waals surface area contributed by atoms with Crippen LogP contribution in [0.1, 0.15) is 25.7 Å². The van der Waals surface area contributed by atoms with E-state index in [0.717, 1.165) is 24.3 Å². The van der Waals surface area contributed by atoms with Gasteiger partial charge in [-0.1, -0.05) is 18.2 Å². The summed E-state index contributed by atoms with van der Waals surface area (Å²) < 4.78 is 11.5. The molecule has 15 heavy (non-hydrogen) atoms. The number of fused-ring (bicyclic) bond motifs is 1. The lowest BCUT2D eigenvalue weighted by Crippen LogP contribution is -2.28. The van der Waals surface area contributed by atoms with Crippen molar-refractivity contribution in [3.63, 3.8) is 0 Å². The van der Waals surface area contributed by atoms with Gasteiger partial charge in [-0.2, -0.15) is 0 Å². The van der Waals surface area contributed by atoms with E-state index >= 15 is 0 Å². The fourth-order valence-electron chi connectivity index (χ4n) is 2.13. The van der Waals surface area contributed by atoms with E-state index < -0.39 is 0 Å². The summed E-state index contributed by atoms with van der Waals surface area (Å²) in [6, 6.07) is 7.86. The van der Waals surface area contributed by atoms with E-state index in [2.05, 4.69) is 6.08 Å². The molecule has 0 amide bonds. The Labute approximate surface area is 90.0 Å². The second-order valence-electron chi connectivity index (χ2n) is 4.04. The largest absolute Gasteiger partial charge is 0.628 e. The molecule has 0 fully saturated rings. The predicted molar refractivity (Wildman–Crippen MR) is 60.0 cm³/mol. The third-order valence-electron chi connectivity index (χ3n) is 2.95. The Hall–Kier alpha value is -1.38. The van der Waals surface area contributed by atoms with Crippen LogP contribution in [0.3, 0.4) is 0 Å². The molecule has 0 radical (unpaired) electrons. The number of para-hydroxylation sites is 2. The van der Waals surface area contributed by atoms with Gasteiger partial charge in [0.1, 0.15) is 11.5 Å². The van der Waals surface area contributed by atoms with E-state index in [1.54, 1.807) is 0 Å². The summed E-state index contributed by atoms with van der Waals surface area (Å²) in [4.78, 5) is 0. The molecule has 0 unspecified atom stereocenters. The maximum Gasteiger partial charge on any atom is 0.628 e. The molecule has 0 bridgehead atoms. The van der Waals surface area contributed by atoms with Crippen molar-refractivity contribution in [2.24, 2.45) is 0 Å². The van der Waals surface area contributed by atoms with E-state index in [9.17, 15) is 0 Å². The van der Waals surface area contributed by atoms with Crippen molar-refractivity contribution in [1.82, 2.24) is 0 Å². The van der Waals surface area contributed by atoms with Gasteiger partial charge in [-0.3, -0.25) is 0 Å². The summed E-state index contributed by atoms with van der Waals surface area (Å²) >= 11 is 0. The lowest BCUT2D eigenvalue weighted by Gasteiger charge is -2.13. The summed E-state index contributed by atoms with van der Waals surface area (Å²) in [5.74, 6) is 1.74. The average Bonchev–Trinajstić information content (AvgIpc) is 2.74. The minimum atomic E-state index is -0.164. The zero-order valence-corrected chi connectivity index (χ0v) is 8.61. The summed E-state index contributed by atoms with van der Waals surface area (Å²) in [6.07, 6.45) is 7.09. The van der Waals surface area contributed by atoms with E-state index in [4.69, 9.17) is 9.31 Å². The van der Waals surface area contributed by atoms with Crippen LogP contribution in [0, 0.1) is 0 Å². The molecule has 0 spiro atoms. The third-order valence-corrected chi connectivity index (χ3v) is 2.95. The summed E-state index contributed by atoms with van der Waals surface area (Å²) in [7, 11) is -0.164. The zero-order chi connectivity index (χ0) is 10.1.